The quantitative estimate of drug-likeness (QED) is 0.484. The SMILES string of the molecule is Cc1cccc(-n2c(=O)c3ccccc3n3c(SC(C)C(=O)NC(C)C)nnc23)c1C. The second-order valence-corrected chi connectivity index (χ2v) is 9.23. The second-order valence-electron chi connectivity index (χ2n) is 7.92. The summed E-state index contributed by atoms with van der Waals surface area (Å²) >= 11 is 1.32. The van der Waals surface area contributed by atoms with E-state index in [9.17, 15) is 9.59 Å². The minimum atomic E-state index is -0.366. The van der Waals surface area contributed by atoms with Gasteiger partial charge in [-0.25, -0.2) is 4.57 Å². The first-order chi connectivity index (χ1) is 14.8. The summed E-state index contributed by atoms with van der Waals surface area (Å²) in [5, 5.41) is 12.4. The topological polar surface area (TPSA) is 81.3 Å². The van der Waals surface area contributed by atoms with Crippen molar-refractivity contribution >= 4 is 34.3 Å². The highest BCUT2D eigenvalue weighted by atomic mass is 32.2. The maximum absolute atomic E-state index is 13.5. The number of thioether (sulfide) groups is 1. The summed E-state index contributed by atoms with van der Waals surface area (Å²) in [7, 11) is 0. The maximum Gasteiger partial charge on any atom is 0.267 e. The van der Waals surface area contributed by atoms with Crippen LogP contribution >= 0.6 is 11.8 Å². The Kier molecular flexibility index (Phi) is 5.58. The lowest BCUT2D eigenvalue weighted by Crippen LogP contribution is -2.36. The molecule has 0 aliphatic rings. The Labute approximate surface area is 184 Å². The van der Waals surface area contributed by atoms with E-state index >= 15 is 0 Å². The van der Waals surface area contributed by atoms with Crippen LogP contribution < -0.4 is 10.9 Å². The number of benzene rings is 2. The van der Waals surface area contributed by atoms with E-state index in [0.717, 1.165) is 16.8 Å². The number of fused-ring (bicyclic) bond motifs is 3. The van der Waals surface area contributed by atoms with Crippen LogP contribution in [0.15, 0.2) is 52.4 Å². The third kappa shape index (κ3) is 3.72. The summed E-state index contributed by atoms with van der Waals surface area (Å²) < 4.78 is 3.48. The van der Waals surface area contributed by atoms with Crippen LogP contribution in [0.3, 0.4) is 0 Å². The van der Waals surface area contributed by atoms with Gasteiger partial charge in [0.25, 0.3) is 5.56 Å². The first-order valence-electron chi connectivity index (χ1n) is 10.2. The van der Waals surface area contributed by atoms with E-state index in [1.165, 1.54) is 11.8 Å². The van der Waals surface area contributed by atoms with Gasteiger partial charge >= 0.3 is 0 Å². The Morgan fingerprint density at radius 1 is 1.03 bits per heavy atom. The number of aromatic nitrogens is 4. The molecule has 1 N–H and O–H groups in total. The molecule has 1 amide bonds. The number of nitrogens with one attached hydrogen (secondary N) is 1. The number of rotatable bonds is 5. The van der Waals surface area contributed by atoms with Crippen molar-refractivity contribution in [3.8, 4) is 5.69 Å². The van der Waals surface area contributed by atoms with Gasteiger partial charge in [-0.2, -0.15) is 0 Å². The van der Waals surface area contributed by atoms with Crippen LogP contribution in [0.2, 0.25) is 0 Å². The van der Waals surface area contributed by atoms with Gasteiger partial charge in [0.15, 0.2) is 5.16 Å². The normalized spacial score (nSPS) is 12.6. The first-order valence-corrected chi connectivity index (χ1v) is 11.1. The summed E-state index contributed by atoms with van der Waals surface area (Å²) in [6.45, 7) is 9.71. The molecule has 0 fully saturated rings. The van der Waals surface area contributed by atoms with Crippen molar-refractivity contribution in [2.24, 2.45) is 0 Å². The van der Waals surface area contributed by atoms with Gasteiger partial charge < -0.3 is 5.32 Å². The average Bonchev–Trinajstić information content (AvgIpc) is 3.14. The third-order valence-corrected chi connectivity index (χ3v) is 6.34. The zero-order valence-electron chi connectivity index (χ0n) is 18.2. The van der Waals surface area contributed by atoms with Gasteiger partial charge in [0, 0.05) is 6.04 Å². The molecule has 7 nitrogen and oxygen atoms in total. The predicted octanol–water partition coefficient (Wildman–Crippen LogP) is 3.66. The van der Waals surface area contributed by atoms with Crippen molar-refractivity contribution in [2.75, 3.05) is 0 Å². The molecule has 1 atom stereocenters. The predicted molar refractivity (Wildman–Crippen MR) is 124 cm³/mol. The molecule has 0 aliphatic carbocycles. The number of amides is 1. The van der Waals surface area contributed by atoms with E-state index in [2.05, 4.69) is 15.5 Å². The first kappa shape index (κ1) is 21.1. The molecule has 160 valence electrons. The molecule has 0 saturated carbocycles. The summed E-state index contributed by atoms with van der Waals surface area (Å²) in [5.74, 6) is 0.361. The summed E-state index contributed by atoms with van der Waals surface area (Å²) in [4.78, 5) is 25.9. The molecule has 8 heteroatoms. The fourth-order valence-electron chi connectivity index (χ4n) is 3.56. The zero-order chi connectivity index (χ0) is 22.3. The summed E-state index contributed by atoms with van der Waals surface area (Å²) in [6, 6.07) is 13.3. The standard InChI is InChI=1S/C23H25N5O2S/c1-13(2)24-20(29)16(5)31-23-26-25-22-27(18-12-8-9-14(3)15(18)4)21(30)17-10-6-7-11-19(17)28(22)23/h6-13,16H,1-5H3,(H,24,29). The largest absolute Gasteiger partial charge is 0.353 e. The number of hydrogen-bond acceptors (Lipinski definition) is 5. The second kappa shape index (κ2) is 8.19. The lowest BCUT2D eigenvalue weighted by molar-refractivity contribution is -0.120. The van der Waals surface area contributed by atoms with Crippen LogP contribution in [-0.4, -0.2) is 36.4 Å². The number of para-hydroxylation sites is 1. The molecule has 4 aromatic rings. The van der Waals surface area contributed by atoms with Crippen molar-refractivity contribution < 1.29 is 4.79 Å². The lowest BCUT2D eigenvalue weighted by Gasteiger charge is -2.15. The van der Waals surface area contributed by atoms with Gasteiger partial charge in [-0.3, -0.25) is 14.0 Å². The molecule has 2 aromatic carbocycles. The number of aryl methyl sites for hydroxylation is 1. The van der Waals surface area contributed by atoms with Gasteiger partial charge in [-0.15, -0.1) is 10.2 Å². The maximum atomic E-state index is 13.5. The van der Waals surface area contributed by atoms with Crippen molar-refractivity contribution in [2.45, 2.75) is 51.1 Å². The van der Waals surface area contributed by atoms with Crippen molar-refractivity contribution in [3.05, 3.63) is 63.9 Å². The smallest absolute Gasteiger partial charge is 0.267 e. The minimum Gasteiger partial charge on any atom is -0.353 e. The van der Waals surface area contributed by atoms with E-state index in [0.29, 0.717) is 21.8 Å². The fraction of sp³-hybridized carbons (Fsp3) is 0.304. The van der Waals surface area contributed by atoms with Crippen LogP contribution in [0, 0.1) is 13.8 Å². The van der Waals surface area contributed by atoms with Gasteiger partial charge in [-0.05, 0) is 63.9 Å². The molecule has 0 bridgehead atoms. The molecule has 0 spiro atoms. The lowest BCUT2D eigenvalue weighted by atomic mass is 10.1. The summed E-state index contributed by atoms with van der Waals surface area (Å²) in [5.41, 5.74) is 3.43. The van der Waals surface area contributed by atoms with Crippen molar-refractivity contribution in [3.63, 3.8) is 0 Å². The highest BCUT2D eigenvalue weighted by molar-refractivity contribution is 8.00. The molecule has 2 heterocycles. The van der Waals surface area contributed by atoms with E-state index in [1.54, 1.807) is 4.57 Å². The molecule has 0 aliphatic heterocycles. The Morgan fingerprint density at radius 3 is 2.52 bits per heavy atom. The van der Waals surface area contributed by atoms with Gasteiger partial charge in [0.1, 0.15) is 0 Å². The van der Waals surface area contributed by atoms with E-state index in [-0.39, 0.29) is 22.8 Å². The van der Waals surface area contributed by atoms with E-state index in [4.69, 9.17) is 0 Å². The van der Waals surface area contributed by atoms with Gasteiger partial charge in [0.2, 0.25) is 11.7 Å². The fourth-order valence-corrected chi connectivity index (χ4v) is 4.43. The molecule has 1 unspecified atom stereocenters. The number of carbonyl (C=O) groups excluding carboxylic acids is 1. The molecule has 0 radical (unpaired) electrons. The molecule has 4 rings (SSSR count). The average molecular weight is 436 g/mol. The van der Waals surface area contributed by atoms with Crippen LogP contribution in [0.1, 0.15) is 31.9 Å². The van der Waals surface area contributed by atoms with Crippen molar-refractivity contribution in [1.82, 2.24) is 24.5 Å². The third-order valence-electron chi connectivity index (χ3n) is 5.29. The van der Waals surface area contributed by atoms with Gasteiger partial charge in [0.05, 0.1) is 21.8 Å². The Morgan fingerprint density at radius 2 is 1.77 bits per heavy atom. The molecular formula is C23H25N5O2S. The Hall–Kier alpha value is -3.13. The zero-order valence-corrected chi connectivity index (χ0v) is 19.0. The molecule has 2 aromatic heterocycles. The monoisotopic (exact) mass is 435 g/mol. The Balaban J connectivity index is 1.97. The van der Waals surface area contributed by atoms with Crippen LogP contribution in [-0.2, 0) is 4.79 Å². The summed E-state index contributed by atoms with van der Waals surface area (Å²) in [6.07, 6.45) is 0. The number of nitrogens with zero attached hydrogens (tertiary/aromatic N) is 4. The van der Waals surface area contributed by atoms with Crippen LogP contribution in [0.4, 0.5) is 0 Å². The number of carbonyl (C=O) groups is 1. The molecule has 31 heavy (non-hydrogen) atoms. The molecular weight excluding hydrogens is 410 g/mol. The van der Waals surface area contributed by atoms with Crippen molar-refractivity contribution in [1.29, 1.82) is 0 Å². The van der Waals surface area contributed by atoms with E-state index in [1.807, 2.05) is 81.5 Å². The number of hydrogen-bond donors (Lipinski definition) is 1. The van der Waals surface area contributed by atoms with Crippen LogP contribution in [0.25, 0.3) is 22.4 Å². The highest BCUT2D eigenvalue weighted by Gasteiger charge is 2.23. The Bertz CT molecular complexity index is 1360. The van der Waals surface area contributed by atoms with Gasteiger partial charge in [-0.1, -0.05) is 36.0 Å². The van der Waals surface area contributed by atoms with Crippen LogP contribution in [0.5, 0.6) is 0 Å². The molecule has 0 saturated heterocycles. The minimum absolute atomic E-state index is 0.0565. The highest BCUT2D eigenvalue weighted by Crippen LogP contribution is 2.27. The van der Waals surface area contributed by atoms with E-state index < -0.39 is 0 Å².